The Morgan fingerprint density at radius 2 is 1.84 bits per heavy atom. The maximum absolute atomic E-state index is 11.1. The van der Waals surface area contributed by atoms with E-state index in [9.17, 15) is 4.79 Å². The highest BCUT2D eigenvalue weighted by molar-refractivity contribution is 6.00. The molecule has 0 saturated carbocycles. The zero-order valence-corrected chi connectivity index (χ0v) is 11.5. The molecule has 0 aliphatic carbocycles. The molecular formula is C17H22O2. The van der Waals surface area contributed by atoms with Crippen LogP contribution >= 0.6 is 0 Å². The zero-order valence-electron chi connectivity index (χ0n) is 11.5. The summed E-state index contributed by atoms with van der Waals surface area (Å²) in [5.41, 5.74) is 0. The summed E-state index contributed by atoms with van der Waals surface area (Å²) in [6.45, 7) is 4.23. The van der Waals surface area contributed by atoms with Gasteiger partial charge >= 0.3 is 0 Å². The van der Waals surface area contributed by atoms with Crippen LogP contribution < -0.4 is 0 Å². The quantitative estimate of drug-likeness (QED) is 0.209. The van der Waals surface area contributed by atoms with Gasteiger partial charge in [-0.15, -0.1) is 6.58 Å². The van der Waals surface area contributed by atoms with Crippen molar-refractivity contribution in [3.8, 4) is 23.7 Å². The van der Waals surface area contributed by atoms with E-state index in [1.807, 2.05) is 6.08 Å². The van der Waals surface area contributed by atoms with Crippen LogP contribution in [0.15, 0.2) is 12.7 Å². The van der Waals surface area contributed by atoms with Gasteiger partial charge in [0.15, 0.2) is 6.10 Å². The second-order valence-corrected chi connectivity index (χ2v) is 4.69. The van der Waals surface area contributed by atoms with Crippen LogP contribution in [0.2, 0.25) is 0 Å². The number of allylic oxidation sites excluding steroid dienone is 1. The molecule has 0 amide bonds. The third-order valence-corrected chi connectivity index (χ3v) is 2.92. The molecule has 0 aromatic carbocycles. The van der Waals surface area contributed by atoms with Gasteiger partial charge in [0.25, 0.3) is 0 Å². The highest BCUT2D eigenvalue weighted by Gasteiger charge is 2.29. The molecule has 19 heavy (non-hydrogen) atoms. The van der Waals surface area contributed by atoms with Crippen molar-refractivity contribution in [1.29, 1.82) is 0 Å². The summed E-state index contributed by atoms with van der Waals surface area (Å²) < 4.78 is 4.82. The summed E-state index contributed by atoms with van der Waals surface area (Å²) in [7, 11) is 0. The Morgan fingerprint density at radius 3 is 2.53 bits per heavy atom. The minimum absolute atomic E-state index is 0.145. The summed E-state index contributed by atoms with van der Waals surface area (Å²) in [5, 5.41) is 0. The van der Waals surface area contributed by atoms with Crippen molar-refractivity contribution < 1.29 is 9.53 Å². The van der Waals surface area contributed by atoms with Crippen LogP contribution in [0.1, 0.15) is 51.4 Å². The van der Waals surface area contributed by atoms with Crippen molar-refractivity contribution in [2.75, 3.05) is 6.61 Å². The van der Waals surface area contributed by atoms with E-state index in [2.05, 4.69) is 30.3 Å². The number of carbonyl (C=O) groups is 1. The molecule has 0 aromatic heterocycles. The fraction of sp³-hybridized carbons (Fsp3) is 0.588. The van der Waals surface area contributed by atoms with Crippen LogP contribution in [0.4, 0.5) is 0 Å². The first-order valence-electron chi connectivity index (χ1n) is 7.10. The molecule has 1 saturated heterocycles. The molecule has 0 bridgehead atoms. The maximum atomic E-state index is 11.1. The minimum atomic E-state index is -0.268. The largest absolute Gasteiger partial charge is 0.364 e. The van der Waals surface area contributed by atoms with Crippen LogP contribution in [0.5, 0.6) is 0 Å². The van der Waals surface area contributed by atoms with Gasteiger partial charge in [-0.1, -0.05) is 37.7 Å². The Morgan fingerprint density at radius 1 is 1.16 bits per heavy atom. The second kappa shape index (κ2) is 10.4. The predicted molar refractivity (Wildman–Crippen MR) is 77.4 cm³/mol. The lowest BCUT2D eigenvalue weighted by molar-refractivity contribution is -0.114. The first-order chi connectivity index (χ1) is 9.34. The SMILES string of the molecule is C=CCCCCCCCCC#CC#CC(=O)C1CO1. The van der Waals surface area contributed by atoms with E-state index in [0.717, 1.165) is 19.3 Å². The Balaban J connectivity index is 1.90. The molecule has 1 aliphatic heterocycles. The van der Waals surface area contributed by atoms with E-state index in [-0.39, 0.29) is 11.9 Å². The van der Waals surface area contributed by atoms with Gasteiger partial charge in [-0.3, -0.25) is 4.79 Å². The lowest BCUT2D eigenvalue weighted by Gasteiger charge is -1.98. The Labute approximate surface area is 116 Å². The number of rotatable bonds is 9. The third-order valence-electron chi connectivity index (χ3n) is 2.92. The monoisotopic (exact) mass is 258 g/mol. The van der Waals surface area contributed by atoms with Crippen LogP contribution in [0.3, 0.4) is 0 Å². The van der Waals surface area contributed by atoms with Crippen LogP contribution in [0.25, 0.3) is 0 Å². The van der Waals surface area contributed by atoms with E-state index in [1.165, 1.54) is 32.1 Å². The molecule has 1 aliphatic rings. The van der Waals surface area contributed by atoms with E-state index in [0.29, 0.717) is 6.61 Å². The van der Waals surface area contributed by atoms with Crippen LogP contribution in [-0.4, -0.2) is 18.5 Å². The van der Waals surface area contributed by atoms with Crippen molar-refractivity contribution >= 4 is 5.78 Å². The topological polar surface area (TPSA) is 29.6 Å². The summed E-state index contributed by atoms with van der Waals surface area (Å²) in [6, 6.07) is 0. The van der Waals surface area contributed by atoms with Gasteiger partial charge in [-0.25, -0.2) is 0 Å². The number of epoxide rings is 1. The van der Waals surface area contributed by atoms with Crippen molar-refractivity contribution in [3.63, 3.8) is 0 Å². The van der Waals surface area contributed by atoms with Crippen molar-refractivity contribution in [3.05, 3.63) is 12.7 Å². The molecule has 0 radical (unpaired) electrons. The lowest BCUT2D eigenvalue weighted by atomic mass is 10.1. The Kier molecular flexibility index (Phi) is 8.52. The molecular weight excluding hydrogens is 236 g/mol. The van der Waals surface area contributed by atoms with Gasteiger partial charge in [-0.2, -0.15) is 0 Å². The predicted octanol–water partition coefficient (Wildman–Crippen LogP) is 3.27. The highest BCUT2D eigenvalue weighted by atomic mass is 16.6. The molecule has 1 unspecified atom stereocenters. The van der Waals surface area contributed by atoms with E-state index in [1.54, 1.807) is 0 Å². The molecule has 0 aromatic rings. The summed E-state index contributed by atoms with van der Waals surface area (Å²) in [5.74, 6) is 10.6. The molecule has 0 spiro atoms. The third kappa shape index (κ3) is 9.11. The van der Waals surface area contributed by atoms with Gasteiger partial charge in [0.2, 0.25) is 5.78 Å². The Bertz CT molecular complexity index is 396. The Hall–Kier alpha value is -1.51. The number of carbonyl (C=O) groups excluding carboxylic acids is 1. The minimum Gasteiger partial charge on any atom is -0.364 e. The van der Waals surface area contributed by atoms with Crippen molar-refractivity contribution in [2.24, 2.45) is 0 Å². The average Bonchev–Trinajstić information content (AvgIpc) is 3.24. The standard InChI is InChI=1S/C17H22O2/c1-2-3-4-5-6-7-8-9-10-11-12-13-14-16(18)17-15-19-17/h2,17H,1,3-10,15H2. The molecule has 1 fully saturated rings. The first kappa shape index (κ1) is 15.5. The van der Waals surface area contributed by atoms with Crippen molar-refractivity contribution in [1.82, 2.24) is 0 Å². The zero-order chi connectivity index (χ0) is 13.8. The molecule has 1 heterocycles. The number of ketones is 1. The molecule has 0 N–H and O–H groups in total. The van der Waals surface area contributed by atoms with Crippen LogP contribution in [-0.2, 0) is 9.53 Å². The number of Topliss-reactive ketones (excluding diaryl/α,β-unsaturated/α-hetero) is 1. The smallest absolute Gasteiger partial charge is 0.237 e. The highest BCUT2D eigenvalue weighted by Crippen LogP contribution is 2.09. The summed E-state index contributed by atoms with van der Waals surface area (Å²) >= 11 is 0. The summed E-state index contributed by atoms with van der Waals surface area (Å²) in [4.78, 5) is 11.1. The normalized spacial score (nSPS) is 15.7. The van der Waals surface area contributed by atoms with Gasteiger partial charge in [-0.05, 0) is 37.0 Å². The number of unbranched alkanes of at least 4 members (excludes halogenated alkanes) is 7. The van der Waals surface area contributed by atoms with E-state index >= 15 is 0 Å². The van der Waals surface area contributed by atoms with Crippen LogP contribution in [0, 0.1) is 23.7 Å². The second-order valence-electron chi connectivity index (χ2n) is 4.69. The van der Waals surface area contributed by atoms with Gasteiger partial charge in [0, 0.05) is 6.42 Å². The fourth-order valence-corrected chi connectivity index (χ4v) is 1.69. The maximum Gasteiger partial charge on any atom is 0.237 e. The van der Waals surface area contributed by atoms with E-state index in [4.69, 9.17) is 4.74 Å². The number of hydrogen-bond donors (Lipinski definition) is 0. The van der Waals surface area contributed by atoms with E-state index < -0.39 is 0 Å². The molecule has 1 rings (SSSR count). The average molecular weight is 258 g/mol. The number of hydrogen-bond acceptors (Lipinski definition) is 2. The van der Waals surface area contributed by atoms with Crippen molar-refractivity contribution in [2.45, 2.75) is 57.5 Å². The summed E-state index contributed by atoms with van der Waals surface area (Å²) in [6.07, 6.45) is 11.2. The molecule has 2 nitrogen and oxygen atoms in total. The van der Waals surface area contributed by atoms with Gasteiger partial charge in [0.05, 0.1) is 6.61 Å². The van der Waals surface area contributed by atoms with Gasteiger partial charge in [0.1, 0.15) is 0 Å². The molecule has 102 valence electrons. The van der Waals surface area contributed by atoms with Gasteiger partial charge < -0.3 is 4.74 Å². The first-order valence-corrected chi connectivity index (χ1v) is 7.10. The molecule has 1 atom stereocenters. The number of ether oxygens (including phenoxy) is 1. The lowest BCUT2D eigenvalue weighted by Crippen LogP contribution is -2.01. The molecule has 2 heteroatoms. The fourth-order valence-electron chi connectivity index (χ4n) is 1.69.